The van der Waals surface area contributed by atoms with Gasteiger partial charge in [-0.2, -0.15) is 29.8 Å². The van der Waals surface area contributed by atoms with E-state index in [4.69, 9.17) is 10.5 Å². The number of carbonyl (C=O) groups excluding carboxylic acids is 1. The molecule has 18 nitrogen and oxygen atoms in total. The van der Waals surface area contributed by atoms with E-state index in [1.165, 1.54) is 48.5 Å². The van der Waals surface area contributed by atoms with Gasteiger partial charge in [0.25, 0.3) is 30.4 Å². The Bertz CT molecular complexity index is 3230. The first-order valence-electron chi connectivity index (χ1n) is 24.8. The fourth-order valence-electron chi connectivity index (χ4n) is 9.84. The summed E-state index contributed by atoms with van der Waals surface area (Å²) in [5.41, 5.74) is 9.55. The van der Waals surface area contributed by atoms with E-state index in [0.717, 1.165) is 54.6 Å². The molecular weight excluding hydrogens is 1060 g/mol. The Hall–Kier alpha value is -4.04. The molecule has 3 aliphatic rings. The maximum Gasteiger partial charge on any atom is 1.00 e. The number of carbonyl (C=O) groups is 1. The molecule has 75 heavy (non-hydrogen) atoms. The Balaban J connectivity index is 0.00000624. The zero-order chi connectivity index (χ0) is 54.3. The van der Waals surface area contributed by atoms with E-state index >= 15 is 0 Å². The summed E-state index contributed by atoms with van der Waals surface area (Å²) in [6.07, 6.45) is 16.2. The van der Waals surface area contributed by atoms with Crippen LogP contribution in [-0.4, -0.2) is 100 Å². The van der Waals surface area contributed by atoms with Crippen LogP contribution < -0.4 is 50.2 Å². The van der Waals surface area contributed by atoms with Crippen molar-refractivity contribution in [3.63, 3.8) is 0 Å². The molecule has 2 aliphatic heterocycles. The number of hydrogen-bond donors (Lipinski definition) is 5. The van der Waals surface area contributed by atoms with Crippen molar-refractivity contribution in [1.29, 1.82) is 0 Å². The smallest absolute Gasteiger partial charge is 1.00 e. The minimum atomic E-state index is -4.79. The van der Waals surface area contributed by atoms with E-state index in [-0.39, 0.29) is 63.7 Å². The molecule has 0 spiro atoms. The minimum absolute atomic E-state index is 0. The van der Waals surface area contributed by atoms with E-state index in [1.807, 2.05) is 56.9 Å². The van der Waals surface area contributed by atoms with E-state index in [1.54, 1.807) is 12.1 Å². The van der Waals surface area contributed by atoms with E-state index < -0.39 is 57.1 Å². The van der Waals surface area contributed by atoms with Crippen LogP contribution in [0, 0.1) is 0 Å². The van der Waals surface area contributed by atoms with Crippen LogP contribution in [0.15, 0.2) is 122 Å². The van der Waals surface area contributed by atoms with Gasteiger partial charge in [-0.05, 0) is 162 Å². The second-order valence-electron chi connectivity index (χ2n) is 19.9. The van der Waals surface area contributed by atoms with Gasteiger partial charge in [0.1, 0.15) is 28.2 Å². The molecule has 3 aromatic rings. The number of fused-ring (bicyclic) bond motifs is 2. The van der Waals surface area contributed by atoms with Gasteiger partial charge in [-0.25, -0.2) is 8.42 Å². The number of nitrogens with one attached hydrogen (secondary N) is 1. The molecule has 406 valence electrons. The second kappa shape index (κ2) is 25.6. The van der Waals surface area contributed by atoms with Crippen LogP contribution in [0.2, 0.25) is 0 Å². The molecule has 0 fully saturated rings. The van der Waals surface area contributed by atoms with Crippen molar-refractivity contribution in [2.75, 3.05) is 36.8 Å². The van der Waals surface area contributed by atoms with E-state index in [2.05, 4.69) is 9.89 Å². The molecule has 23 heteroatoms. The average Bonchev–Trinajstić information content (AvgIpc) is 3.66. The molecule has 1 aliphatic carbocycles. The van der Waals surface area contributed by atoms with Gasteiger partial charge < -0.3 is 26.7 Å². The number of nitrogens with zero attached hydrogens (tertiary/aromatic N) is 2. The molecule has 0 aromatic heterocycles. The maximum absolute atomic E-state index is 12.6. The molecule has 6 N–H and O–H groups in total. The third-order valence-electron chi connectivity index (χ3n) is 13.8. The summed E-state index contributed by atoms with van der Waals surface area (Å²) in [5.74, 6) is 0.249. The average molecular weight is 1130 g/mol. The number of benzene rings is 3. The largest absolute Gasteiger partial charge is 1.00 e. The number of rotatable bonds is 25. The summed E-state index contributed by atoms with van der Waals surface area (Å²) < 4.78 is 146. The molecule has 6 rings (SSSR count). The quantitative estimate of drug-likeness (QED) is 0.0318. The van der Waals surface area contributed by atoms with Crippen molar-refractivity contribution in [2.45, 2.75) is 137 Å². The third kappa shape index (κ3) is 16.0. The molecule has 0 atom stereocenters. The Kier molecular flexibility index (Phi) is 21.1. The summed E-state index contributed by atoms with van der Waals surface area (Å²) in [6.45, 7) is 9.76. The van der Waals surface area contributed by atoms with Crippen LogP contribution in [0.5, 0.6) is 5.75 Å². The Morgan fingerprint density at radius 3 is 2.05 bits per heavy atom. The molecular formula is C52H69N4NaO14S4. The minimum Gasteiger partial charge on any atom is -1.00 e. The summed E-state index contributed by atoms with van der Waals surface area (Å²) in [6, 6.07) is 13.9. The van der Waals surface area contributed by atoms with Crippen LogP contribution in [0.25, 0.3) is 0 Å². The molecule has 1 amide bonds. The predicted molar refractivity (Wildman–Crippen MR) is 283 cm³/mol. The third-order valence-corrected chi connectivity index (χ3v) is 17.1. The monoisotopic (exact) mass is 1120 g/mol. The van der Waals surface area contributed by atoms with E-state index in [0.29, 0.717) is 99.4 Å². The molecule has 0 saturated heterocycles. The molecule has 0 saturated carbocycles. The van der Waals surface area contributed by atoms with Crippen LogP contribution >= 0.6 is 0 Å². The summed E-state index contributed by atoms with van der Waals surface area (Å²) >= 11 is 0. The molecule has 0 unspecified atom stereocenters. The van der Waals surface area contributed by atoms with Gasteiger partial charge in [-0.15, -0.1) is 0 Å². The van der Waals surface area contributed by atoms with Crippen LogP contribution in [0.4, 0.5) is 11.4 Å². The normalized spacial score (nSPS) is 17.7. The molecule has 3 aromatic carbocycles. The van der Waals surface area contributed by atoms with Crippen molar-refractivity contribution < 1.29 is 97.0 Å². The Morgan fingerprint density at radius 1 is 0.760 bits per heavy atom. The van der Waals surface area contributed by atoms with Crippen LogP contribution in [-0.2, 0) is 56.1 Å². The SMILES string of the molecule is CC1(C)C(=CC=C2CCCC(C=CC3=[N+](CCCCCC(=O)NCCCCCCN)c4ccc(S(=O)(=O)[O-])cc4C3(C)C)=C2Oc2ccc(S(=O)(=O)O)cc2)N(CCCCS(=O)(=O)O)c2ccc(S(=O)(=O)O)cc21.[H-].[Na+]. The topological polar surface area (TPSA) is 291 Å². The maximum atomic E-state index is 12.6. The second-order valence-corrected chi connectivity index (χ2v) is 25.7. The zero-order valence-electron chi connectivity index (χ0n) is 44.2. The summed E-state index contributed by atoms with van der Waals surface area (Å²) in [7, 11) is -18.1. The number of hydrogen-bond acceptors (Lipinski definition) is 13. The Labute approximate surface area is 466 Å². The molecule has 0 bridgehead atoms. The number of allylic oxidation sites excluding steroid dienone is 7. The number of anilines is 1. The van der Waals surface area contributed by atoms with Gasteiger partial charge in [0, 0.05) is 60.4 Å². The van der Waals surface area contributed by atoms with Crippen LogP contribution in [0.1, 0.15) is 124 Å². The number of ether oxygens (including phenoxy) is 1. The van der Waals surface area contributed by atoms with Crippen molar-refractivity contribution in [2.24, 2.45) is 5.73 Å². The fourth-order valence-corrected chi connectivity index (χ4v) is 11.9. The van der Waals surface area contributed by atoms with Crippen molar-refractivity contribution in [1.82, 2.24) is 5.32 Å². The molecule has 2 heterocycles. The van der Waals surface area contributed by atoms with Gasteiger partial charge in [0.05, 0.1) is 25.9 Å². The van der Waals surface area contributed by atoms with Crippen molar-refractivity contribution >= 4 is 63.5 Å². The van der Waals surface area contributed by atoms with Gasteiger partial charge in [0.2, 0.25) is 11.6 Å². The first kappa shape index (κ1) is 61.8. The first-order chi connectivity index (χ1) is 34.6. The van der Waals surface area contributed by atoms with Crippen molar-refractivity contribution in [3.05, 3.63) is 119 Å². The van der Waals surface area contributed by atoms with Gasteiger partial charge >= 0.3 is 29.6 Å². The van der Waals surface area contributed by atoms with Gasteiger partial charge in [-0.1, -0.05) is 32.8 Å². The molecule has 0 radical (unpaired) electrons. The first-order valence-corrected chi connectivity index (χ1v) is 30.7. The Morgan fingerprint density at radius 2 is 1.40 bits per heavy atom. The van der Waals surface area contributed by atoms with Crippen molar-refractivity contribution in [3.8, 4) is 5.75 Å². The van der Waals surface area contributed by atoms with Crippen LogP contribution in [0.3, 0.4) is 0 Å². The van der Waals surface area contributed by atoms with Gasteiger partial charge in [0.15, 0.2) is 5.71 Å². The number of nitrogens with two attached hydrogens (primary N) is 1. The standard InChI is InChI=1S/C52H68N4O14S4.Na.H/c1-51(2)43-35-41(73(64,65)66)24-26-45(43)55(32-11-7-8-17-49(57)54-31-10-6-5-9-30-53)47(51)28-18-37-15-14-16-38(50(37)70-39-20-22-40(23-21-39)72(61,62)63)19-29-48-52(3,4)44-36-42(74(67,68)69)25-27-46(44)56(48)33-12-13-34-71(58,59)60;;/h18-29,35-36H,5-17,30-34,53H2,1-4H3,(H4-,54,57,58,59,60,61,62,63,64,65,66,67,68,69);;/q;+1;-1. The van der Waals surface area contributed by atoms with E-state index in [9.17, 15) is 56.7 Å². The fraction of sp³-hybridized carbons (Fsp3) is 0.462. The summed E-state index contributed by atoms with van der Waals surface area (Å²) in [4.78, 5) is 13.6. The predicted octanol–water partition coefficient (Wildman–Crippen LogP) is 5.12. The number of unbranched alkanes of at least 4 members (excludes halogenated alkanes) is 6. The van der Waals surface area contributed by atoms with Gasteiger partial charge in [-0.3, -0.25) is 18.5 Å². The number of amides is 1. The summed E-state index contributed by atoms with van der Waals surface area (Å²) in [5, 5.41) is 2.99. The zero-order valence-corrected chi connectivity index (χ0v) is 48.5.